The Bertz CT molecular complexity index is 234. The van der Waals surface area contributed by atoms with Gasteiger partial charge in [-0.15, -0.1) is 0 Å². The van der Waals surface area contributed by atoms with Gasteiger partial charge in [-0.3, -0.25) is 0 Å². The fourth-order valence-corrected chi connectivity index (χ4v) is 3.64. The van der Waals surface area contributed by atoms with E-state index >= 15 is 0 Å². The lowest BCUT2D eigenvalue weighted by Gasteiger charge is -2.29. The van der Waals surface area contributed by atoms with E-state index in [-0.39, 0.29) is 0 Å². The van der Waals surface area contributed by atoms with Crippen molar-refractivity contribution in [2.45, 2.75) is 123 Å². The Hall–Kier alpha value is -0.0400. The summed E-state index contributed by atoms with van der Waals surface area (Å²) in [5.74, 6) is 0. The summed E-state index contributed by atoms with van der Waals surface area (Å²) >= 11 is 0. The van der Waals surface area contributed by atoms with Gasteiger partial charge in [0.2, 0.25) is 0 Å². The van der Waals surface area contributed by atoms with E-state index < -0.39 is 0 Å². The normalized spacial score (nSPS) is 12.0. The smallest absolute Gasteiger partial charge is 0.0782 e. The zero-order valence-electron chi connectivity index (χ0n) is 17.9. The first kappa shape index (κ1) is 24.0. The molecule has 146 valence electrons. The number of rotatable bonds is 19. The van der Waals surface area contributed by atoms with Crippen LogP contribution in [0.15, 0.2) is 0 Å². The number of hydrogen-bond donors (Lipinski definition) is 0. The molecule has 1 nitrogen and oxygen atoms in total. The van der Waals surface area contributed by atoms with Crippen LogP contribution < -0.4 is 0 Å². The molecule has 0 rings (SSSR count). The van der Waals surface area contributed by atoms with Gasteiger partial charge in [-0.25, -0.2) is 0 Å². The lowest BCUT2D eigenvalue weighted by molar-refractivity contribution is -0.890. The molecule has 0 aromatic carbocycles. The van der Waals surface area contributed by atoms with Crippen molar-refractivity contribution in [3.63, 3.8) is 0 Å². The van der Waals surface area contributed by atoms with E-state index in [0.29, 0.717) is 0 Å². The first-order valence-electron chi connectivity index (χ1n) is 11.4. The average molecular weight is 341 g/mol. The van der Waals surface area contributed by atoms with Crippen molar-refractivity contribution >= 4 is 0 Å². The van der Waals surface area contributed by atoms with Crippen LogP contribution in [-0.2, 0) is 0 Å². The standard InChI is InChI=1S/C23H50N/c1-5-7-9-10-11-12-13-14-15-16-17-18-19-21-23-24(3,4)22-20-8-6-2/h5-23H2,1-4H3/q+1. The minimum atomic E-state index is 1.23. The predicted octanol–water partition coefficient (Wildman–Crippen LogP) is 7.73. The van der Waals surface area contributed by atoms with Gasteiger partial charge in [-0.05, 0) is 25.7 Å². The van der Waals surface area contributed by atoms with Crippen molar-refractivity contribution < 1.29 is 4.48 Å². The zero-order valence-corrected chi connectivity index (χ0v) is 17.9. The second-order valence-electron chi connectivity index (χ2n) is 8.69. The van der Waals surface area contributed by atoms with Crippen LogP contribution in [0.3, 0.4) is 0 Å². The second-order valence-corrected chi connectivity index (χ2v) is 8.69. The Balaban J connectivity index is 3.19. The fraction of sp³-hybridized carbons (Fsp3) is 1.00. The Morgan fingerprint density at radius 2 is 0.625 bits per heavy atom. The molecular formula is C23H50N+. The molecule has 0 heterocycles. The van der Waals surface area contributed by atoms with Crippen LogP contribution in [0.2, 0.25) is 0 Å². The summed E-state index contributed by atoms with van der Waals surface area (Å²) in [5, 5.41) is 0. The van der Waals surface area contributed by atoms with E-state index in [1.54, 1.807) is 0 Å². The number of hydrogen-bond acceptors (Lipinski definition) is 0. The summed E-state index contributed by atoms with van der Waals surface area (Å²) in [5.41, 5.74) is 0. The van der Waals surface area contributed by atoms with Crippen molar-refractivity contribution in [1.29, 1.82) is 0 Å². The molecular weight excluding hydrogens is 290 g/mol. The molecule has 0 spiro atoms. The maximum atomic E-state index is 2.41. The molecule has 0 amide bonds. The molecule has 0 bridgehead atoms. The Morgan fingerprint density at radius 3 is 1.00 bits per heavy atom. The second kappa shape index (κ2) is 17.8. The van der Waals surface area contributed by atoms with Crippen LogP contribution in [0, 0.1) is 0 Å². The van der Waals surface area contributed by atoms with Crippen LogP contribution in [-0.4, -0.2) is 31.7 Å². The van der Waals surface area contributed by atoms with Crippen molar-refractivity contribution in [2.75, 3.05) is 27.2 Å². The van der Waals surface area contributed by atoms with Gasteiger partial charge in [0.15, 0.2) is 0 Å². The van der Waals surface area contributed by atoms with Crippen molar-refractivity contribution in [3.8, 4) is 0 Å². The molecule has 24 heavy (non-hydrogen) atoms. The zero-order chi connectivity index (χ0) is 17.9. The number of quaternary nitrogens is 1. The Labute approximate surface area is 155 Å². The van der Waals surface area contributed by atoms with Crippen LogP contribution in [0.1, 0.15) is 123 Å². The van der Waals surface area contributed by atoms with Gasteiger partial charge in [0, 0.05) is 0 Å². The van der Waals surface area contributed by atoms with Gasteiger partial charge >= 0.3 is 0 Å². The van der Waals surface area contributed by atoms with E-state index in [2.05, 4.69) is 27.9 Å². The largest absolute Gasteiger partial charge is 0.328 e. The van der Waals surface area contributed by atoms with Gasteiger partial charge in [-0.1, -0.05) is 97.3 Å². The van der Waals surface area contributed by atoms with Gasteiger partial charge in [0.25, 0.3) is 0 Å². The molecule has 0 fully saturated rings. The summed E-state index contributed by atoms with van der Waals surface area (Å²) in [6.07, 6.45) is 24.6. The summed E-state index contributed by atoms with van der Waals surface area (Å²) in [7, 11) is 4.83. The van der Waals surface area contributed by atoms with E-state index in [1.807, 2.05) is 0 Å². The topological polar surface area (TPSA) is 0 Å². The highest BCUT2D eigenvalue weighted by atomic mass is 15.3. The highest BCUT2D eigenvalue weighted by molar-refractivity contribution is 4.49. The van der Waals surface area contributed by atoms with Crippen LogP contribution >= 0.6 is 0 Å². The number of nitrogens with zero attached hydrogens (tertiary/aromatic N) is 1. The molecule has 0 aromatic heterocycles. The van der Waals surface area contributed by atoms with Gasteiger partial charge in [0.05, 0.1) is 27.2 Å². The van der Waals surface area contributed by atoms with E-state index in [4.69, 9.17) is 0 Å². The lowest BCUT2D eigenvalue weighted by atomic mass is 10.0. The van der Waals surface area contributed by atoms with Gasteiger partial charge in [0.1, 0.15) is 0 Å². The highest BCUT2D eigenvalue weighted by Gasteiger charge is 2.13. The fourth-order valence-electron chi connectivity index (χ4n) is 3.64. The summed E-state index contributed by atoms with van der Waals surface area (Å²) in [4.78, 5) is 0. The predicted molar refractivity (Wildman–Crippen MR) is 112 cm³/mol. The van der Waals surface area contributed by atoms with Crippen LogP contribution in [0.5, 0.6) is 0 Å². The molecule has 0 saturated heterocycles. The minimum Gasteiger partial charge on any atom is -0.328 e. The number of unbranched alkanes of at least 4 members (excludes halogenated alkanes) is 15. The summed E-state index contributed by atoms with van der Waals surface area (Å²) in [6.45, 7) is 7.34. The third kappa shape index (κ3) is 18.3. The van der Waals surface area contributed by atoms with Gasteiger partial charge < -0.3 is 4.48 Å². The average Bonchev–Trinajstić information content (AvgIpc) is 2.55. The van der Waals surface area contributed by atoms with E-state index in [9.17, 15) is 0 Å². The molecule has 0 aromatic rings. The maximum absolute atomic E-state index is 2.41. The Kier molecular flexibility index (Phi) is 17.7. The molecule has 0 unspecified atom stereocenters. The molecule has 0 N–H and O–H groups in total. The van der Waals surface area contributed by atoms with E-state index in [0.717, 1.165) is 0 Å². The third-order valence-corrected chi connectivity index (χ3v) is 5.48. The summed E-state index contributed by atoms with van der Waals surface area (Å²) < 4.78 is 1.23. The molecule has 0 aliphatic heterocycles. The highest BCUT2D eigenvalue weighted by Crippen LogP contribution is 2.13. The molecule has 0 atom stereocenters. The van der Waals surface area contributed by atoms with Crippen molar-refractivity contribution in [2.24, 2.45) is 0 Å². The molecule has 0 aliphatic carbocycles. The SMILES string of the molecule is CCCCCCCCCCCCCCCC[N+](C)(C)CCCCC. The molecule has 0 saturated carbocycles. The van der Waals surface area contributed by atoms with Crippen LogP contribution in [0.25, 0.3) is 0 Å². The lowest BCUT2D eigenvalue weighted by Crippen LogP contribution is -2.41. The third-order valence-electron chi connectivity index (χ3n) is 5.48. The molecule has 0 radical (unpaired) electrons. The first-order chi connectivity index (χ1) is 11.6. The minimum absolute atomic E-state index is 1.23. The summed E-state index contributed by atoms with van der Waals surface area (Å²) in [6, 6.07) is 0. The maximum Gasteiger partial charge on any atom is 0.0782 e. The van der Waals surface area contributed by atoms with Gasteiger partial charge in [-0.2, -0.15) is 0 Å². The first-order valence-corrected chi connectivity index (χ1v) is 11.4. The molecule has 1 heteroatoms. The quantitative estimate of drug-likeness (QED) is 0.167. The molecule has 0 aliphatic rings. The Morgan fingerprint density at radius 1 is 0.375 bits per heavy atom. The van der Waals surface area contributed by atoms with Crippen molar-refractivity contribution in [3.05, 3.63) is 0 Å². The monoisotopic (exact) mass is 340 g/mol. The van der Waals surface area contributed by atoms with Crippen molar-refractivity contribution in [1.82, 2.24) is 0 Å². The van der Waals surface area contributed by atoms with E-state index in [1.165, 1.54) is 127 Å². The van der Waals surface area contributed by atoms with Crippen LogP contribution in [0.4, 0.5) is 0 Å².